The van der Waals surface area contributed by atoms with Crippen LogP contribution in [0, 0.1) is 11.3 Å². The van der Waals surface area contributed by atoms with Gasteiger partial charge in [0.25, 0.3) is 0 Å². The molecule has 2 aliphatic rings. The number of nitrogens with zero attached hydrogens (tertiary/aromatic N) is 3. The highest BCUT2D eigenvalue weighted by molar-refractivity contribution is 6.18. The van der Waals surface area contributed by atoms with Crippen LogP contribution in [0.4, 0.5) is 4.79 Å². The zero-order chi connectivity index (χ0) is 27.5. The fraction of sp³-hybridized carbons (Fsp3) is 0.593. The maximum atomic E-state index is 13.6. The molecule has 0 aromatic heterocycles. The molecular formula is C27H39N4O6+. The Morgan fingerprint density at radius 3 is 2.54 bits per heavy atom. The highest BCUT2D eigenvalue weighted by atomic mass is 16.6. The number of para-hydroxylation sites is 1. The lowest BCUT2D eigenvalue weighted by Gasteiger charge is -2.30. The number of carbonyl (C=O) groups excluding carboxylic acids is 3. The van der Waals surface area contributed by atoms with E-state index >= 15 is 0 Å². The van der Waals surface area contributed by atoms with Gasteiger partial charge in [0.05, 0.1) is 31.2 Å². The molecule has 4 atom stereocenters. The second-order valence-electron chi connectivity index (χ2n) is 10.8. The first-order valence-corrected chi connectivity index (χ1v) is 12.6. The minimum atomic E-state index is -0.804. The lowest BCUT2D eigenvalue weighted by Crippen LogP contribution is -2.58. The predicted molar refractivity (Wildman–Crippen MR) is 139 cm³/mol. The third-order valence-electron chi connectivity index (χ3n) is 6.37. The van der Waals surface area contributed by atoms with Gasteiger partial charge in [0, 0.05) is 11.0 Å². The molecule has 3 rings (SSSR count). The Hall–Kier alpha value is -3.27. The first-order chi connectivity index (χ1) is 17.3. The van der Waals surface area contributed by atoms with E-state index in [2.05, 4.69) is 10.5 Å². The molecule has 37 heavy (non-hydrogen) atoms. The van der Waals surface area contributed by atoms with Crippen molar-refractivity contribution in [2.75, 3.05) is 20.2 Å². The molecule has 0 radical (unpaired) electrons. The number of fused-ring (bicyclic) bond motifs is 2. The van der Waals surface area contributed by atoms with Crippen LogP contribution in [0.5, 0.6) is 5.75 Å². The molecule has 0 saturated carbocycles. The highest BCUT2D eigenvalue weighted by Gasteiger charge is 2.48. The van der Waals surface area contributed by atoms with E-state index in [1.54, 1.807) is 41.0 Å². The Morgan fingerprint density at radius 2 is 1.92 bits per heavy atom. The van der Waals surface area contributed by atoms with Gasteiger partial charge >= 0.3 is 11.9 Å². The predicted octanol–water partition coefficient (Wildman–Crippen LogP) is 3.15. The molecule has 0 aliphatic carbocycles. The second kappa shape index (κ2) is 11.4. The number of imide groups is 1. The summed E-state index contributed by atoms with van der Waals surface area (Å²) < 4.78 is 13.5. The fourth-order valence-electron chi connectivity index (χ4n) is 4.14. The van der Waals surface area contributed by atoms with Crippen molar-refractivity contribution in [1.29, 1.82) is 0 Å². The van der Waals surface area contributed by atoms with Crippen molar-refractivity contribution < 1.29 is 33.3 Å². The Balaban J connectivity index is 2.10. The summed E-state index contributed by atoms with van der Waals surface area (Å²) in [5.41, 5.74) is 0.517. The highest BCUT2D eigenvalue weighted by Crippen LogP contribution is 2.31. The zero-order valence-electron chi connectivity index (χ0n) is 23.0. The topological polar surface area (TPSA) is 110 Å². The van der Waals surface area contributed by atoms with Gasteiger partial charge in [0.1, 0.15) is 31.0 Å². The summed E-state index contributed by atoms with van der Waals surface area (Å²) in [6, 6.07) is 6.32. The van der Waals surface area contributed by atoms with E-state index in [0.29, 0.717) is 11.5 Å². The maximum Gasteiger partial charge on any atom is 0.500 e. The molecule has 2 bridgehead atoms. The van der Waals surface area contributed by atoms with Crippen LogP contribution in [0.2, 0.25) is 0 Å². The molecular weight excluding hydrogens is 476 g/mol. The number of rotatable bonds is 6. The van der Waals surface area contributed by atoms with Crippen molar-refractivity contribution in [2.45, 2.75) is 72.8 Å². The van der Waals surface area contributed by atoms with Gasteiger partial charge < -0.3 is 19.6 Å². The van der Waals surface area contributed by atoms with Gasteiger partial charge in [-0.15, -0.1) is 0 Å². The second-order valence-corrected chi connectivity index (χ2v) is 10.8. The number of methoxy groups -OCH3 is 1. The molecule has 202 valence electrons. The normalized spacial score (nSPS) is 25.2. The number of nitrogens with one attached hydrogen (secondary N) is 1. The van der Waals surface area contributed by atoms with Crippen LogP contribution in [-0.4, -0.2) is 77.7 Å². The van der Waals surface area contributed by atoms with Gasteiger partial charge in [0.2, 0.25) is 5.91 Å². The lowest BCUT2D eigenvalue weighted by molar-refractivity contribution is -0.449. The lowest BCUT2D eigenvalue weighted by atomic mass is 9.94. The SMILES string of the molecule is COc1ccccc1C1C[N+]2=CC(/C(C)=N/OC(C)C)C(=O)N(C[C@@H](NC(=O)C(C)(C)C)C(C)O1)C2=O. The average Bonchev–Trinajstić information content (AvgIpc) is 2.86. The minimum absolute atomic E-state index is 0.0432. The average molecular weight is 516 g/mol. The number of hydrogen-bond acceptors (Lipinski definition) is 7. The van der Waals surface area contributed by atoms with E-state index in [0.717, 1.165) is 5.56 Å². The maximum absolute atomic E-state index is 13.6. The molecule has 1 fully saturated rings. The standard InChI is InChI=1S/C27H38N4O6/c1-16(2)37-29-17(3)20-13-30-15-23(19-11-9-10-12-22(19)35-8)36-18(4)21(28-25(33)27(5,6)7)14-31(24(20)32)26(30)34/h9-13,16,18,20-21,23H,14-15H2,1-8H3/p+1/b29-17+/t18?,20?,21-,23?/m1/s1. The van der Waals surface area contributed by atoms with Crippen LogP contribution in [-0.2, 0) is 19.2 Å². The first-order valence-electron chi connectivity index (χ1n) is 12.6. The Kier molecular flexibility index (Phi) is 8.73. The van der Waals surface area contributed by atoms with Crippen LogP contribution in [0.25, 0.3) is 0 Å². The smallest absolute Gasteiger partial charge is 0.496 e. The third kappa shape index (κ3) is 6.54. The molecule has 1 saturated heterocycles. The number of amides is 4. The van der Waals surface area contributed by atoms with Crippen molar-refractivity contribution in [3.8, 4) is 5.75 Å². The summed E-state index contributed by atoms with van der Waals surface area (Å²) in [4.78, 5) is 46.6. The van der Waals surface area contributed by atoms with Gasteiger partial charge in [-0.3, -0.25) is 4.79 Å². The molecule has 3 unspecified atom stereocenters. The Bertz CT molecular complexity index is 1090. The number of ether oxygens (including phenoxy) is 2. The summed E-state index contributed by atoms with van der Waals surface area (Å²) in [7, 11) is 1.58. The van der Waals surface area contributed by atoms with E-state index < -0.39 is 41.5 Å². The van der Waals surface area contributed by atoms with Crippen molar-refractivity contribution in [2.24, 2.45) is 16.5 Å². The first kappa shape index (κ1) is 28.3. The van der Waals surface area contributed by atoms with Crippen LogP contribution < -0.4 is 10.1 Å². The summed E-state index contributed by atoms with van der Waals surface area (Å²) in [6.07, 6.45) is 0.303. The molecule has 1 aromatic rings. The summed E-state index contributed by atoms with van der Waals surface area (Å²) in [6.45, 7) is 12.7. The largest absolute Gasteiger partial charge is 0.500 e. The summed E-state index contributed by atoms with van der Waals surface area (Å²) in [5.74, 6) is -0.817. The molecule has 1 N–H and O–H groups in total. The molecule has 10 heteroatoms. The van der Waals surface area contributed by atoms with E-state index in [4.69, 9.17) is 14.3 Å². The fourth-order valence-corrected chi connectivity index (χ4v) is 4.14. The monoisotopic (exact) mass is 515 g/mol. The van der Waals surface area contributed by atoms with Crippen LogP contribution >= 0.6 is 0 Å². The molecule has 4 amide bonds. The molecule has 0 spiro atoms. The summed E-state index contributed by atoms with van der Waals surface area (Å²) in [5, 5.41) is 7.13. The zero-order valence-corrected chi connectivity index (χ0v) is 23.0. The van der Waals surface area contributed by atoms with E-state index in [1.165, 1.54) is 9.48 Å². The van der Waals surface area contributed by atoms with E-state index in [9.17, 15) is 14.4 Å². The van der Waals surface area contributed by atoms with E-state index in [1.807, 2.05) is 45.0 Å². The van der Waals surface area contributed by atoms with Crippen molar-refractivity contribution in [1.82, 2.24) is 10.2 Å². The molecule has 2 aliphatic heterocycles. The van der Waals surface area contributed by atoms with Gasteiger partial charge in [-0.2, -0.15) is 14.3 Å². The molecule has 1 aromatic carbocycles. The van der Waals surface area contributed by atoms with Crippen molar-refractivity contribution in [3.05, 3.63) is 29.8 Å². The van der Waals surface area contributed by atoms with Gasteiger partial charge in [-0.25, -0.2) is 4.79 Å². The Morgan fingerprint density at radius 1 is 1.24 bits per heavy atom. The van der Waals surface area contributed by atoms with Crippen molar-refractivity contribution in [3.63, 3.8) is 0 Å². The quantitative estimate of drug-likeness (QED) is 0.354. The summed E-state index contributed by atoms with van der Waals surface area (Å²) >= 11 is 0. The van der Waals surface area contributed by atoms with Gasteiger partial charge in [-0.05, 0) is 33.8 Å². The van der Waals surface area contributed by atoms with E-state index in [-0.39, 0.29) is 25.1 Å². The minimum Gasteiger partial charge on any atom is -0.496 e. The van der Waals surface area contributed by atoms with Gasteiger partial charge in [0.15, 0.2) is 5.92 Å². The number of hydrogen-bond donors (Lipinski definition) is 1. The molecule has 10 nitrogen and oxygen atoms in total. The number of oxime groups is 1. The number of benzene rings is 1. The van der Waals surface area contributed by atoms with Gasteiger partial charge in [-0.1, -0.05) is 44.1 Å². The van der Waals surface area contributed by atoms with Crippen LogP contribution in [0.3, 0.4) is 0 Å². The Labute approximate surface area is 218 Å². The van der Waals surface area contributed by atoms with Crippen molar-refractivity contribution >= 4 is 29.8 Å². The molecule has 2 heterocycles. The third-order valence-corrected chi connectivity index (χ3v) is 6.37. The van der Waals surface area contributed by atoms with Crippen LogP contribution in [0.1, 0.15) is 60.1 Å². The number of carbonyl (C=O) groups is 3. The number of urea groups is 1. The van der Waals surface area contributed by atoms with Crippen LogP contribution in [0.15, 0.2) is 29.4 Å².